The largest absolute Gasteiger partial charge is 0.480 e. The maximum Gasteiger partial charge on any atom is 0.326 e. The Morgan fingerprint density at radius 3 is 2.31 bits per heavy atom. The van der Waals surface area contributed by atoms with Crippen molar-refractivity contribution in [3.63, 3.8) is 0 Å². The smallest absolute Gasteiger partial charge is 0.326 e. The fourth-order valence-corrected chi connectivity index (χ4v) is 3.84. The van der Waals surface area contributed by atoms with E-state index in [1.807, 2.05) is 30.3 Å². The second kappa shape index (κ2) is 12.8. The molecule has 7 N–H and O–H groups in total. The number of hydrogen-bond donors (Lipinski definition) is 7. The number of carboxylic acid groups (broad SMARTS) is 1. The third-order valence-corrected chi connectivity index (χ3v) is 6.00. The van der Waals surface area contributed by atoms with Crippen LogP contribution in [0.25, 0.3) is 10.9 Å². The molecule has 0 radical (unpaired) electrons. The van der Waals surface area contributed by atoms with Gasteiger partial charge in [0, 0.05) is 35.7 Å². The number of amides is 3. The lowest BCUT2D eigenvalue weighted by atomic mass is 10.0. The van der Waals surface area contributed by atoms with Crippen molar-refractivity contribution in [1.82, 2.24) is 20.9 Å². The summed E-state index contributed by atoms with van der Waals surface area (Å²) in [7, 11) is 0. The summed E-state index contributed by atoms with van der Waals surface area (Å²) in [5, 5.41) is 18.0. The molecule has 0 spiro atoms. The van der Waals surface area contributed by atoms with E-state index in [4.69, 9.17) is 5.73 Å². The van der Waals surface area contributed by atoms with Crippen LogP contribution in [0.4, 0.5) is 0 Å². The van der Waals surface area contributed by atoms with Crippen LogP contribution < -0.4 is 21.7 Å². The molecular weight excluding hydrogens is 482 g/mol. The van der Waals surface area contributed by atoms with Gasteiger partial charge in [-0.15, -0.1) is 0 Å². The molecule has 0 fully saturated rings. The molecule has 1 heterocycles. The van der Waals surface area contributed by atoms with Crippen LogP contribution in [0, 0.1) is 0 Å². The summed E-state index contributed by atoms with van der Waals surface area (Å²) < 4.78 is 0. The predicted octanol–water partition coefficient (Wildman–Crippen LogP) is 0.381. The van der Waals surface area contributed by atoms with Gasteiger partial charge in [-0.3, -0.25) is 14.4 Å². The highest BCUT2D eigenvalue weighted by molar-refractivity contribution is 7.80. The van der Waals surface area contributed by atoms with Gasteiger partial charge in [0.1, 0.15) is 12.1 Å². The summed E-state index contributed by atoms with van der Waals surface area (Å²) in [5.74, 6) is -2.92. The fourth-order valence-electron chi connectivity index (χ4n) is 3.68. The number of thiol groups is 1. The third-order valence-electron chi connectivity index (χ3n) is 5.60. The van der Waals surface area contributed by atoms with E-state index in [-0.39, 0.29) is 18.6 Å². The molecule has 0 saturated carbocycles. The molecule has 3 aromatic rings. The fraction of sp³-hybridized carbons (Fsp3) is 0.280. The average molecular weight is 512 g/mol. The van der Waals surface area contributed by atoms with Gasteiger partial charge in [-0.1, -0.05) is 48.5 Å². The number of nitrogens with two attached hydrogens (primary N) is 1. The molecule has 0 aliphatic heterocycles. The van der Waals surface area contributed by atoms with Crippen LogP contribution in [0.15, 0.2) is 60.8 Å². The quantitative estimate of drug-likeness (QED) is 0.174. The van der Waals surface area contributed by atoms with Crippen LogP contribution in [-0.2, 0) is 32.0 Å². The Balaban J connectivity index is 1.61. The highest BCUT2D eigenvalue weighted by Gasteiger charge is 2.26. The van der Waals surface area contributed by atoms with Gasteiger partial charge < -0.3 is 31.8 Å². The maximum atomic E-state index is 12.8. The number of aromatic nitrogens is 1. The number of fused-ring (bicyclic) bond motifs is 1. The van der Waals surface area contributed by atoms with Crippen LogP contribution >= 0.6 is 12.6 Å². The molecule has 190 valence electrons. The Morgan fingerprint density at radius 1 is 0.917 bits per heavy atom. The van der Waals surface area contributed by atoms with Gasteiger partial charge in [-0.25, -0.2) is 4.79 Å². The summed E-state index contributed by atoms with van der Waals surface area (Å²) in [5.41, 5.74) is 8.11. The Bertz CT molecular complexity index is 1220. The number of carbonyl (C=O) groups is 4. The average Bonchev–Trinajstić information content (AvgIpc) is 3.29. The van der Waals surface area contributed by atoms with E-state index in [9.17, 15) is 24.3 Å². The summed E-state index contributed by atoms with van der Waals surface area (Å²) in [4.78, 5) is 52.5. The minimum absolute atomic E-state index is 0.0628. The van der Waals surface area contributed by atoms with Gasteiger partial charge in [-0.2, -0.15) is 12.6 Å². The summed E-state index contributed by atoms with van der Waals surface area (Å²) in [6.45, 7) is -0.462. The van der Waals surface area contributed by atoms with Crippen molar-refractivity contribution in [3.05, 3.63) is 71.9 Å². The molecular formula is C25H29N5O5S. The molecule has 11 heteroatoms. The highest BCUT2D eigenvalue weighted by Crippen LogP contribution is 2.19. The number of hydrogen-bond acceptors (Lipinski definition) is 6. The number of H-pyrrole nitrogens is 1. The first-order chi connectivity index (χ1) is 17.3. The lowest BCUT2D eigenvalue weighted by Gasteiger charge is -2.21. The third kappa shape index (κ3) is 7.33. The number of para-hydroxylation sites is 1. The minimum atomic E-state index is -1.20. The normalized spacial score (nSPS) is 13.4. The number of aliphatic carboxylic acids is 1. The van der Waals surface area contributed by atoms with E-state index in [2.05, 4.69) is 33.6 Å². The van der Waals surface area contributed by atoms with Crippen molar-refractivity contribution in [2.75, 3.05) is 12.3 Å². The van der Waals surface area contributed by atoms with E-state index >= 15 is 0 Å². The number of carbonyl (C=O) groups excluding carboxylic acids is 3. The molecule has 0 bridgehead atoms. The van der Waals surface area contributed by atoms with Crippen molar-refractivity contribution in [1.29, 1.82) is 0 Å². The lowest BCUT2D eigenvalue weighted by Crippen LogP contribution is -2.54. The topological polar surface area (TPSA) is 166 Å². The van der Waals surface area contributed by atoms with E-state index in [0.29, 0.717) is 0 Å². The van der Waals surface area contributed by atoms with Gasteiger partial charge in [0.25, 0.3) is 0 Å². The van der Waals surface area contributed by atoms with Gasteiger partial charge >= 0.3 is 5.97 Å². The number of carboxylic acids is 1. The van der Waals surface area contributed by atoms with Crippen molar-refractivity contribution in [3.8, 4) is 0 Å². The zero-order chi connectivity index (χ0) is 26.1. The van der Waals surface area contributed by atoms with Gasteiger partial charge in [0.05, 0.1) is 12.6 Å². The zero-order valence-electron chi connectivity index (χ0n) is 19.4. The lowest BCUT2D eigenvalue weighted by molar-refractivity contribution is -0.141. The predicted molar refractivity (Wildman–Crippen MR) is 138 cm³/mol. The summed E-state index contributed by atoms with van der Waals surface area (Å²) in [6.07, 6.45) is 1.95. The van der Waals surface area contributed by atoms with Crippen LogP contribution in [0.1, 0.15) is 11.1 Å². The van der Waals surface area contributed by atoms with E-state index in [1.54, 1.807) is 30.5 Å². The highest BCUT2D eigenvalue weighted by atomic mass is 32.1. The molecule has 0 aliphatic rings. The van der Waals surface area contributed by atoms with E-state index < -0.39 is 48.4 Å². The Kier molecular flexibility index (Phi) is 9.48. The summed E-state index contributed by atoms with van der Waals surface area (Å²) >= 11 is 4.01. The number of nitrogens with one attached hydrogen (secondary N) is 4. The van der Waals surface area contributed by atoms with Gasteiger partial charge in [0.15, 0.2) is 0 Å². The molecule has 3 amide bonds. The Morgan fingerprint density at radius 2 is 1.61 bits per heavy atom. The minimum Gasteiger partial charge on any atom is -0.480 e. The molecule has 3 rings (SSSR count). The van der Waals surface area contributed by atoms with E-state index in [1.165, 1.54) is 0 Å². The summed E-state index contributed by atoms with van der Waals surface area (Å²) in [6, 6.07) is 13.4. The molecule has 3 atom stereocenters. The molecule has 36 heavy (non-hydrogen) atoms. The van der Waals surface area contributed by atoms with Crippen LogP contribution in [0.2, 0.25) is 0 Å². The van der Waals surface area contributed by atoms with Gasteiger partial charge in [-0.05, 0) is 17.2 Å². The molecule has 0 aliphatic carbocycles. The molecule has 10 nitrogen and oxygen atoms in total. The maximum absolute atomic E-state index is 12.8. The molecule has 3 unspecified atom stereocenters. The molecule has 0 saturated heterocycles. The van der Waals surface area contributed by atoms with Gasteiger partial charge in [0.2, 0.25) is 17.7 Å². The van der Waals surface area contributed by atoms with Crippen molar-refractivity contribution >= 4 is 47.2 Å². The zero-order valence-corrected chi connectivity index (χ0v) is 20.3. The second-order valence-electron chi connectivity index (χ2n) is 8.28. The van der Waals surface area contributed by atoms with Crippen molar-refractivity contribution in [2.45, 2.75) is 31.0 Å². The number of rotatable bonds is 12. The van der Waals surface area contributed by atoms with Crippen LogP contribution in [-0.4, -0.2) is 64.2 Å². The standard InChI is InChI=1S/C25H29N5O5S/c26-18(14-36)23(32)30-20(10-15-6-2-1-3-7-15)24(33)28-13-22(31)29-21(25(34)35)11-16-12-27-19-9-5-4-8-17(16)19/h1-9,12,18,20-21,27,36H,10-11,13-14,26H2,(H,28,33)(H,29,31)(H,30,32)(H,34,35). The molecule has 2 aromatic carbocycles. The van der Waals surface area contributed by atoms with E-state index in [0.717, 1.165) is 22.0 Å². The SMILES string of the molecule is NC(CS)C(=O)NC(Cc1ccccc1)C(=O)NCC(=O)NC(Cc1c[nH]c2ccccc12)C(=O)O. The monoisotopic (exact) mass is 511 g/mol. The first-order valence-corrected chi connectivity index (χ1v) is 12.0. The Labute approximate surface area is 213 Å². The van der Waals surface area contributed by atoms with Crippen LogP contribution in [0.5, 0.6) is 0 Å². The first kappa shape index (κ1) is 26.8. The van der Waals surface area contributed by atoms with Crippen molar-refractivity contribution in [2.24, 2.45) is 5.73 Å². The number of benzene rings is 2. The Hall–Kier alpha value is -3.83. The molecule has 1 aromatic heterocycles. The first-order valence-electron chi connectivity index (χ1n) is 11.3. The van der Waals surface area contributed by atoms with Crippen molar-refractivity contribution < 1.29 is 24.3 Å². The number of aromatic amines is 1. The second-order valence-corrected chi connectivity index (χ2v) is 8.64. The van der Waals surface area contributed by atoms with Crippen LogP contribution in [0.3, 0.4) is 0 Å².